The Kier molecular flexibility index (Phi) is 3.76. The maximum Gasteiger partial charge on any atom is 0.0621 e. The molecule has 8 heavy (non-hydrogen) atoms. The van der Waals surface area contributed by atoms with E-state index in [0.717, 1.165) is 0 Å². The first kappa shape index (κ1) is 7.08. The summed E-state index contributed by atoms with van der Waals surface area (Å²) in [5, 5.41) is 8.61. The van der Waals surface area contributed by atoms with Crippen molar-refractivity contribution in [3.63, 3.8) is 0 Å². The summed E-state index contributed by atoms with van der Waals surface area (Å²) >= 11 is 0. The van der Waals surface area contributed by atoms with Crippen molar-refractivity contribution in [2.45, 2.75) is 19.4 Å². The molecule has 0 aliphatic heterocycles. The lowest BCUT2D eigenvalue weighted by atomic mass is 10.3. The molecule has 0 heterocycles. The molecule has 0 fully saturated rings. The Hall–Kier alpha value is -0.920. The fraction of sp³-hybridized carbons (Fsp3) is 0.429. The molecule has 0 aromatic rings. The molecule has 0 saturated heterocycles. The number of aliphatic hydroxyl groups excluding tert-OH is 1. The fourth-order valence-electron chi connectivity index (χ4n) is 0.250. The van der Waals surface area contributed by atoms with Crippen molar-refractivity contribution in [3.05, 3.63) is 0 Å². The van der Waals surface area contributed by atoms with Crippen molar-refractivity contribution in [1.82, 2.24) is 0 Å². The van der Waals surface area contributed by atoms with Crippen LogP contribution in [0, 0.1) is 24.2 Å². The minimum atomic E-state index is -0.365. The molecule has 1 N–H and O–H groups in total. The first-order valence-corrected chi connectivity index (χ1v) is 2.39. The monoisotopic (exact) mass is 108 g/mol. The summed E-state index contributed by atoms with van der Waals surface area (Å²) in [5.74, 6) is 7.15. The molecule has 1 atom stereocenters. The average molecular weight is 108 g/mol. The van der Waals surface area contributed by atoms with Crippen LogP contribution in [-0.4, -0.2) is 11.2 Å². The zero-order valence-electron chi connectivity index (χ0n) is 4.81. The summed E-state index contributed by atoms with van der Waals surface area (Å²) in [6.45, 7) is 1.67. The van der Waals surface area contributed by atoms with Gasteiger partial charge in [0, 0.05) is 6.42 Å². The summed E-state index contributed by atoms with van der Waals surface area (Å²) in [7, 11) is 0. The van der Waals surface area contributed by atoms with Gasteiger partial charge in [0.2, 0.25) is 0 Å². The van der Waals surface area contributed by atoms with Crippen molar-refractivity contribution in [1.29, 1.82) is 0 Å². The van der Waals surface area contributed by atoms with Crippen LogP contribution in [-0.2, 0) is 0 Å². The van der Waals surface area contributed by atoms with E-state index in [2.05, 4.69) is 17.8 Å². The quantitative estimate of drug-likeness (QED) is 0.482. The molecule has 0 radical (unpaired) electrons. The molecule has 0 bridgehead atoms. The average Bonchev–Trinajstić information content (AvgIpc) is 1.66. The number of rotatable bonds is 1. The van der Waals surface area contributed by atoms with Crippen LogP contribution in [0.2, 0.25) is 0 Å². The molecule has 0 amide bonds. The number of terminal acetylenes is 1. The molecular weight excluding hydrogens is 100 g/mol. The highest BCUT2D eigenvalue weighted by Crippen LogP contribution is 1.83. The molecule has 0 aromatic carbocycles. The number of hydrogen-bond donors (Lipinski definition) is 1. The molecule has 0 aliphatic rings. The number of aliphatic hydroxyl groups is 1. The number of hydrogen-bond acceptors (Lipinski definition) is 1. The summed E-state index contributed by atoms with van der Waals surface area (Å²) in [5.41, 5.74) is 0. The van der Waals surface area contributed by atoms with Gasteiger partial charge in [-0.2, -0.15) is 0 Å². The van der Waals surface area contributed by atoms with Gasteiger partial charge in [-0.25, -0.2) is 0 Å². The second-order valence-electron chi connectivity index (χ2n) is 1.50. The molecule has 0 aromatic heterocycles. The van der Waals surface area contributed by atoms with Gasteiger partial charge in [-0.1, -0.05) is 5.92 Å². The van der Waals surface area contributed by atoms with Gasteiger partial charge in [-0.3, -0.25) is 0 Å². The Labute approximate surface area is 49.7 Å². The smallest absolute Gasteiger partial charge is 0.0621 e. The molecular formula is C7H8O. The van der Waals surface area contributed by atoms with E-state index in [0.29, 0.717) is 6.42 Å². The van der Waals surface area contributed by atoms with Gasteiger partial charge in [0.25, 0.3) is 0 Å². The van der Waals surface area contributed by atoms with Crippen LogP contribution in [0.4, 0.5) is 0 Å². The van der Waals surface area contributed by atoms with Gasteiger partial charge in [-0.05, 0) is 18.8 Å². The first-order valence-electron chi connectivity index (χ1n) is 2.39. The normalized spacial score (nSPS) is 10.6. The Balaban J connectivity index is 3.33. The largest absolute Gasteiger partial charge is 0.392 e. The zero-order chi connectivity index (χ0) is 6.41. The van der Waals surface area contributed by atoms with E-state index >= 15 is 0 Å². The fourth-order valence-corrected chi connectivity index (χ4v) is 0.250. The van der Waals surface area contributed by atoms with Crippen molar-refractivity contribution in [3.8, 4) is 24.2 Å². The lowest BCUT2D eigenvalue weighted by Crippen LogP contribution is -1.95. The second kappa shape index (κ2) is 4.24. The van der Waals surface area contributed by atoms with Gasteiger partial charge in [0.05, 0.1) is 6.10 Å². The van der Waals surface area contributed by atoms with Crippen LogP contribution in [0.3, 0.4) is 0 Å². The van der Waals surface area contributed by atoms with Crippen LogP contribution in [0.1, 0.15) is 13.3 Å². The third kappa shape index (κ3) is 5.08. The van der Waals surface area contributed by atoms with Gasteiger partial charge in [0.15, 0.2) is 0 Å². The van der Waals surface area contributed by atoms with Crippen molar-refractivity contribution < 1.29 is 5.11 Å². The van der Waals surface area contributed by atoms with Crippen molar-refractivity contribution in [2.75, 3.05) is 0 Å². The Morgan fingerprint density at radius 1 is 1.75 bits per heavy atom. The molecule has 1 unspecified atom stereocenters. The van der Waals surface area contributed by atoms with Crippen molar-refractivity contribution >= 4 is 0 Å². The van der Waals surface area contributed by atoms with Crippen LogP contribution in [0.5, 0.6) is 0 Å². The van der Waals surface area contributed by atoms with Crippen LogP contribution in [0.25, 0.3) is 0 Å². The maximum atomic E-state index is 8.61. The van der Waals surface area contributed by atoms with E-state index in [9.17, 15) is 0 Å². The van der Waals surface area contributed by atoms with Crippen LogP contribution < -0.4 is 0 Å². The van der Waals surface area contributed by atoms with Gasteiger partial charge >= 0.3 is 0 Å². The molecule has 0 spiro atoms. The van der Waals surface area contributed by atoms with E-state index in [1.807, 2.05) is 0 Å². The van der Waals surface area contributed by atoms with E-state index in [-0.39, 0.29) is 6.10 Å². The molecule has 0 saturated carbocycles. The highest BCUT2D eigenvalue weighted by molar-refractivity contribution is 5.21. The molecule has 42 valence electrons. The van der Waals surface area contributed by atoms with Crippen molar-refractivity contribution in [2.24, 2.45) is 0 Å². The highest BCUT2D eigenvalue weighted by Gasteiger charge is 1.86. The lowest BCUT2D eigenvalue weighted by molar-refractivity contribution is 0.201. The second-order valence-corrected chi connectivity index (χ2v) is 1.50. The van der Waals surface area contributed by atoms with E-state index in [1.165, 1.54) is 0 Å². The molecule has 1 heteroatoms. The summed E-state index contributed by atoms with van der Waals surface area (Å²) < 4.78 is 0. The van der Waals surface area contributed by atoms with Crippen LogP contribution in [0.15, 0.2) is 0 Å². The first-order chi connectivity index (χ1) is 3.77. The third-order valence-corrected chi connectivity index (χ3v) is 0.558. The lowest BCUT2D eigenvalue weighted by Gasteiger charge is -1.90. The Morgan fingerprint density at radius 3 is 2.75 bits per heavy atom. The van der Waals surface area contributed by atoms with Gasteiger partial charge in [-0.15, -0.1) is 6.42 Å². The van der Waals surface area contributed by atoms with Gasteiger partial charge < -0.3 is 5.11 Å². The Morgan fingerprint density at radius 2 is 2.38 bits per heavy atom. The predicted octanol–water partition coefficient (Wildman–Crippen LogP) is 0.394. The Bertz CT molecular complexity index is 140. The van der Waals surface area contributed by atoms with E-state index in [4.69, 9.17) is 11.5 Å². The summed E-state index contributed by atoms with van der Waals surface area (Å²) in [4.78, 5) is 0. The standard InChI is InChI=1S/C7H8O/c1-3-4-5-6-7(2)8/h1,7-8H,6H2,2H3. The maximum absolute atomic E-state index is 8.61. The molecule has 0 aliphatic carbocycles. The minimum absolute atomic E-state index is 0.365. The minimum Gasteiger partial charge on any atom is -0.392 e. The topological polar surface area (TPSA) is 20.2 Å². The summed E-state index contributed by atoms with van der Waals surface area (Å²) in [6, 6.07) is 0. The van der Waals surface area contributed by atoms with Crippen LogP contribution >= 0.6 is 0 Å². The SMILES string of the molecule is C#CC#CCC(C)O. The zero-order valence-corrected chi connectivity index (χ0v) is 4.81. The predicted molar refractivity (Wildman–Crippen MR) is 32.9 cm³/mol. The van der Waals surface area contributed by atoms with Gasteiger partial charge in [0.1, 0.15) is 0 Å². The third-order valence-electron chi connectivity index (χ3n) is 0.558. The summed E-state index contributed by atoms with van der Waals surface area (Å²) in [6.07, 6.45) is 4.91. The van der Waals surface area contributed by atoms with E-state index < -0.39 is 0 Å². The highest BCUT2D eigenvalue weighted by atomic mass is 16.3. The molecule has 1 nitrogen and oxygen atoms in total. The van der Waals surface area contributed by atoms with E-state index in [1.54, 1.807) is 6.92 Å². The molecule has 0 rings (SSSR count).